The summed E-state index contributed by atoms with van der Waals surface area (Å²) in [6, 6.07) is 11.7. The minimum atomic E-state index is -0.102. The van der Waals surface area contributed by atoms with Gasteiger partial charge in [-0.1, -0.05) is 30.3 Å². The van der Waals surface area contributed by atoms with Crippen LogP contribution in [0.15, 0.2) is 47.4 Å². The molecule has 1 aromatic heterocycles. The molecule has 0 radical (unpaired) electrons. The van der Waals surface area contributed by atoms with Gasteiger partial charge in [0.25, 0.3) is 5.91 Å². The van der Waals surface area contributed by atoms with E-state index >= 15 is 0 Å². The fourth-order valence-corrected chi connectivity index (χ4v) is 2.88. The van der Waals surface area contributed by atoms with Gasteiger partial charge in [-0.3, -0.25) is 19.3 Å². The van der Waals surface area contributed by atoms with E-state index in [2.05, 4.69) is 17.1 Å². The molecule has 2 aromatic rings. The predicted octanol–water partition coefficient (Wildman–Crippen LogP) is 2.12. The quantitative estimate of drug-likeness (QED) is 0.872. The number of hydrogen-bond donors (Lipinski definition) is 0. The summed E-state index contributed by atoms with van der Waals surface area (Å²) in [5.41, 5.74) is 2.03. The molecular weight excluding hydrogens is 290 g/mol. The van der Waals surface area contributed by atoms with Crippen LogP contribution in [0.3, 0.4) is 0 Å². The summed E-state index contributed by atoms with van der Waals surface area (Å²) < 4.78 is 1.82. The molecule has 2 heterocycles. The lowest BCUT2D eigenvalue weighted by atomic mass is 10.1. The van der Waals surface area contributed by atoms with Gasteiger partial charge in [0.2, 0.25) is 0 Å². The Hall–Kier alpha value is -2.56. The van der Waals surface area contributed by atoms with Gasteiger partial charge in [-0.05, 0) is 26.3 Å². The molecule has 120 valence electrons. The zero-order valence-electron chi connectivity index (χ0n) is 13.7. The van der Waals surface area contributed by atoms with Crippen molar-refractivity contribution in [2.75, 3.05) is 11.7 Å². The first kappa shape index (κ1) is 15.3. The van der Waals surface area contributed by atoms with E-state index in [0.29, 0.717) is 24.5 Å². The van der Waals surface area contributed by atoms with Crippen LogP contribution in [-0.2, 0) is 6.54 Å². The SMILES string of the molecule is Cc1c2n(ccc1=O)N(Cc1ccccc1)CN(C(C)C)C2=O. The number of fused-ring (bicyclic) bond motifs is 1. The minimum Gasteiger partial charge on any atom is -0.316 e. The van der Waals surface area contributed by atoms with Crippen molar-refractivity contribution in [2.24, 2.45) is 0 Å². The Morgan fingerprint density at radius 3 is 2.43 bits per heavy atom. The maximum Gasteiger partial charge on any atom is 0.274 e. The molecule has 0 saturated heterocycles. The normalized spacial score (nSPS) is 14.3. The lowest BCUT2D eigenvalue weighted by molar-refractivity contribution is 0.0632. The van der Waals surface area contributed by atoms with Gasteiger partial charge in [0, 0.05) is 23.9 Å². The monoisotopic (exact) mass is 311 g/mol. The highest BCUT2D eigenvalue weighted by Gasteiger charge is 2.32. The third-order valence-corrected chi connectivity index (χ3v) is 4.24. The second kappa shape index (κ2) is 5.91. The van der Waals surface area contributed by atoms with Gasteiger partial charge in [-0.2, -0.15) is 0 Å². The number of aromatic nitrogens is 1. The molecule has 0 unspecified atom stereocenters. The highest BCUT2D eigenvalue weighted by Crippen LogP contribution is 2.19. The van der Waals surface area contributed by atoms with Gasteiger partial charge in [0.05, 0.1) is 6.54 Å². The molecular formula is C18H21N3O2. The molecule has 0 spiro atoms. The van der Waals surface area contributed by atoms with Gasteiger partial charge >= 0.3 is 0 Å². The molecule has 0 saturated carbocycles. The number of carbonyl (C=O) groups is 1. The van der Waals surface area contributed by atoms with Gasteiger partial charge in [-0.25, -0.2) is 0 Å². The van der Waals surface area contributed by atoms with Gasteiger partial charge < -0.3 is 4.90 Å². The second-order valence-electron chi connectivity index (χ2n) is 6.16. The molecule has 5 heteroatoms. The lowest BCUT2D eigenvalue weighted by Gasteiger charge is -2.41. The molecule has 0 N–H and O–H groups in total. The standard InChI is InChI=1S/C18H21N3O2/c1-13(2)20-12-19(11-15-7-5-4-6-8-15)21-10-9-16(22)14(3)17(21)18(20)23/h4-10,13H,11-12H2,1-3H3. The van der Waals surface area contributed by atoms with E-state index in [0.717, 1.165) is 5.56 Å². The summed E-state index contributed by atoms with van der Waals surface area (Å²) in [6.45, 7) is 6.87. The van der Waals surface area contributed by atoms with Crippen molar-refractivity contribution in [3.8, 4) is 0 Å². The number of benzene rings is 1. The summed E-state index contributed by atoms with van der Waals surface area (Å²) in [6.07, 6.45) is 1.70. The minimum absolute atomic E-state index is 0.0734. The highest BCUT2D eigenvalue weighted by molar-refractivity contribution is 5.95. The van der Waals surface area contributed by atoms with Crippen molar-refractivity contribution >= 4 is 5.91 Å². The van der Waals surface area contributed by atoms with Crippen LogP contribution in [0.25, 0.3) is 0 Å². The smallest absolute Gasteiger partial charge is 0.274 e. The van der Waals surface area contributed by atoms with E-state index in [1.165, 1.54) is 6.07 Å². The van der Waals surface area contributed by atoms with Crippen LogP contribution in [0.4, 0.5) is 0 Å². The molecule has 0 aliphatic carbocycles. The maximum atomic E-state index is 12.8. The van der Waals surface area contributed by atoms with E-state index in [4.69, 9.17) is 0 Å². The molecule has 1 amide bonds. The van der Waals surface area contributed by atoms with Crippen LogP contribution in [0.5, 0.6) is 0 Å². The fourth-order valence-electron chi connectivity index (χ4n) is 2.88. The van der Waals surface area contributed by atoms with Crippen LogP contribution < -0.4 is 10.4 Å². The number of carbonyl (C=O) groups excluding carboxylic acids is 1. The molecule has 1 aromatic carbocycles. The first-order chi connectivity index (χ1) is 11.0. The summed E-state index contributed by atoms with van der Waals surface area (Å²) in [5.74, 6) is -0.0838. The van der Waals surface area contributed by atoms with Crippen molar-refractivity contribution in [3.63, 3.8) is 0 Å². The molecule has 3 rings (SSSR count). The van der Waals surface area contributed by atoms with Crippen molar-refractivity contribution in [3.05, 3.63) is 69.6 Å². The molecule has 1 aliphatic rings. The Bertz CT molecular complexity index is 781. The van der Waals surface area contributed by atoms with Crippen LogP contribution in [0.1, 0.15) is 35.5 Å². The Balaban J connectivity index is 2.07. The highest BCUT2D eigenvalue weighted by atomic mass is 16.2. The van der Waals surface area contributed by atoms with Crippen molar-refractivity contribution < 1.29 is 4.79 Å². The summed E-state index contributed by atoms with van der Waals surface area (Å²) in [4.78, 5) is 26.5. The first-order valence-electron chi connectivity index (χ1n) is 7.81. The molecule has 1 aliphatic heterocycles. The third kappa shape index (κ3) is 2.74. The topological polar surface area (TPSA) is 45.6 Å². The first-order valence-corrected chi connectivity index (χ1v) is 7.81. The van der Waals surface area contributed by atoms with Crippen LogP contribution >= 0.6 is 0 Å². The number of pyridine rings is 1. The molecule has 5 nitrogen and oxygen atoms in total. The number of nitrogens with zero attached hydrogens (tertiary/aromatic N) is 3. The second-order valence-corrected chi connectivity index (χ2v) is 6.16. The van der Waals surface area contributed by atoms with E-state index in [1.807, 2.05) is 36.7 Å². The Kier molecular flexibility index (Phi) is 3.94. The number of rotatable bonds is 3. The van der Waals surface area contributed by atoms with Gasteiger partial charge in [0.1, 0.15) is 12.4 Å². The average Bonchev–Trinajstić information content (AvgIpc) is 2.53. The summed E-state index contributed by atoms with van der Waals surface area (Å²) >= 11 is 0. The molecule has 0 fully saturated rings. The number of amides is 1. The van der Waals surface area contributed by atoms with Gasteiger partial charge in [-0.15, -0.1) is 0 Å². The lowest BCUT2D eigenvalue weighted by Crippen LogP contribution is -2.56. The van der Waals surface area contributed by atoms with Crippen LogP contribution in [0.2, 0.25) is 0 Å². The van der Waals surface area contributed by atoms with Crippen molar-refractivity contribution in [1.82, 2.24) is 9.58 Å². The summed E-state index contributed by atoms with van der Waals surface area (Å²) in [7, 11) is 0. The largest absolute Gasteiger partial charge is 0.316 e. The van der Waals surface area contributed by atoms with Crippen LogP contribution in [-0.4, -0.2) is 28.2 Å². The molecule has 0 bridgehead atoms. The zero-order chi connectivity index (χ0) is 16.6. The Morgan fingerprint density at radius 2 is 1.78 bits per heavy atom. The van der Waals surface area contributed by atoms with E-state index in [1.54, 1.807) is 18.0 Å². The van der Waals surface area contributed by atoms with E-state index in [9.17, 15) is 9.59 Å². The Morgan fingerprint density at radius 1 is 1.09 bits per heavy atom. The van der Waals surface area contributed by atoms with Gasteiger partial charge in [0.15, 0.2) is 5.43 Å². The molecule has 0 atom stereocenters. The van der Waals surface area contributed by atoms with Crippen LogP contribution in [0, 0.1) is 6.92 Å². The van der Waals surface area contributed by atoms with E-state index in [-0.39, 0.29) is 17.4 Å². The average molecular weight is 311 g/mol. The maximum absolute atomic E-state index is 12.8. The summed E-state index contributed by atoms with van der Waals surface area (Å²) in [5, 5.41) is 2.08. The fraction of sp³-hybridized carbons (Fsp3) is 0.333. The van der Waals surface area contributed by atoms with Crippen molar-refractivity contribution in [2.45, 2.75) is 33.4 Å². The third-order valence-electron chi connectivity index (χ3n) is 4.24. The molecule has 23 heavy (non-hydrogen) atoms. The predicted molar refractivity (Wildman–Crippen MR) is 90.0 cm³/mol. The number of hydrogen-bond acceptors (Lipinski definition) is 3. The van der Waals surface area contributed by atoms with E-state index < -0.39 is 0 Å². The Labute approximate surface area is 135 Å². The van der Waals surface area contributed by atoms with Crippen molar-refractivity contribution in [1.29, 1.82) is 0 Å². The zero-order valence-corrected chi connectivity index (χ0v) is 13.7.